The number of nitrogens with one attached hydrogen (secondary N) is 1. The van der Waals surface area contributed by atoms with Gasteiger partial charge in [0.05, 0.1) is 12.3 Å². The third kappa shape index (κ3) is 6.27. The van der Waals surface area contributed by atoms with Crippen molar-refractivity contribution in [2.24, 2.45) is 5.73 Å². The van der Waals surface area contributed by atoms with E-state index < -0.39 is 29.7 Å². The van der Waals surface area contributed by atoms with E-state index in [1.54, 1.807) is 0 Å². The Labute approximate surface area is 181 Å². The number of carbonyl (C=O) groups is 3. The quantitative estimate of drug-likeness (QED) is 0.524. The first-order valence-electron chi connectivity index (χ1n) is 9.93. The Bertz CT molecular complexity index is 968. The molecule has 6 heteroatoms. The van der Waals surface area contributed by atoms with Crippen LogP contribution in [0.4, 0.5) is 0 Å². The summed E-state index contributed by atoms with van der Waals surface area (Å²) < 4.78 is 5.22. The van der Waals surface area contributed by atoms with E-state index in [1.807, 2.05) is 91.0 Å². The number of rotatable bonds is 9. The van der Waals surface area contributed by atoms with E-state index in [9.17, 15) is 14.4 Å². The van der Waals surface area contributed by atoms with Gasteiger partial charge in [0, 0.05) is 0 Å². The Morgan fingerprint density at radius 3 is 1.74 bits per heavy atom. The number of ether oxygens (including phenoxy) is 1. The maximum absolute atomic E-state index is 13.1. The highest BCUT2D eigenvalue weighted by Crippen LogP contribution is 2.25. The van der Waals surface area contributed by atoms with Crippen molar-refractivity contribution in [2.45, 2.75) is 25.0 Å². The van der Waals surface area contributed by atoms with Gasteiger partial charge in [0.15, 0.2) is 0 Å². The average molecular weight is 416 g/mol. The van der Waals surface area contributed by atoms with Gasteiger partial charge in [-0.3, -0.25) is 14.4 Å². The molecule has 6 nitrogen and oxygen atoms in total. The molecule has 31 heavy (non-hydrogen) atoms. The van der Waals surface area contributed by atoms with Gasteiger partial charge in [-0.25, -0.2) is 0 Å². The van der Waals surface area contributed by atoms with Gasteiger partial charge in [0.25, 0.3) is 0 Å². The molecule has 3 aromatic rings. The predicted octanol–water partition coefficient (Wildman–Crippen LogP) is 2.92. The third-order valence-electron chi connectivity index (χ3n) is 4.80. The Morgan fingerprint density at radius 2 is 1.26 bits per heavy atom. The first-order valence-corrected chi connectivity index (χ1v) is 9.93. The topological polar surface area (TPSA) is 98.5 Å². The van der Waals surface area contributed by atoms with Crippen molar-refractivity contribution in [3.05, 3.63) is 108 Å². The van der Waals surface area contributed by atoms with Gasteiger partial charge >= 0.3 is 5.97 Å². The standard InChI is InChI=1S/C25H24N2O4/c26-24(29)21(16-22(28)31-17-18-10-4-1-5-11-18)27-25(30)23(19-12-6-2-7-13-19)20-14-8-3-9-15-20/h1-15,21,23H,16-17H2,(H2,26,29)(H,27,30)/t21-/m0/s1. The lowest BCUT2D eigenvalue weighted by atomic mass is 9.90. The van der Waals surface area contributed by atoms with E-state index in [0.717, 1.165) is 16.7 Å². The number of esters is 1. The highest BCUT2D eigenvalue weighted by atomic mass is 16.5. The van der Waals surface area contributed by atoms with Crippen LogP contribution in [0.25, 0.3) is 0 Å². The minimum Gasteiger partial charge on any atom is -0.461 e. The van der Waals surface area contributed by atoms with Crippen LogP contribution in [0.1, 0.15) is 29.0 Å². The fraction of sp³-hybridized carbons (Fsp3) is 0.160. The molecule has 0 unspecified atom stereocenters. The zero-order valence-electron chi connectivity index (χ0n) is 16.9. The summed E-state index contributed by atoms with van der Waals surface area (Å²) >= 11 is 0. The number of nitrogens with two attached hydrogens (primary N) is 1. The molecule has 0 bridgehead atoms. The number of primary amides is 1. The molecule has 0 aliphatic carbocycles. The van der Waals surface area contributed by atoms with Crippen molar-refractivity contribution in [3.63, 3.8) is 0 Å². The molecular weight excluding hydrogens is 392 g/mol. The van der Waals surface area contributed by atoms with Crippen LogP contribution in [0.15, 0.2) is 91.0 Å². The second kappa shape index (κ2) is 10.7. The van der Waals surface area contributed by atoms with Crippen LogP contribution < -0.4 is 11.1 Å². The summed E-state index contributed by atoms with van der Waals surface area (Å²) in [5.74, 6) is -2.49. The zero-order valence-corrected chi connectivity index (χ0v) is 16.9. The normalized spacial score (nSPS) is 11.5. The molecule has 0 heterocycles. The minimum absolute atomic E-state index is 0.0791. The molecule has 3 N–H and O–H groups in total. The lowest BCUT2D eigenvalue weighted by Gasteiger charge is -2.21. The van der Waals surface area contributed by atoms with E-state index in [4.69, 9.17) is 10.5 Å². The van der Waals surface area contributed by atoms with Crippen molar-refractivity contribution in [1.82, 2.24) is 5.32 Å². The van der Waals surface area contributed by atoms with E-state index in [-0.39, 0.29) is 13.0 Å². The van der Waals surface area contributed by atoms with E-state index in [0.29, 0.717) is 0 Å². The molecule has 0 fully saturated rings. The average Bonchev–Trinajstić information content (AvgIpc) is 2.79. The molecule has 2 amide bonds. The van der Waals surface area contributed by atoms with Crippen molar-refractivity contribution < 1.29 is 19.1 Å². The monoisotopic (exact) mass is 416 g/mol. The summed E-state index contributed by atoms with van der Waals surface area (Å²) in [6.07, 6.45) is -0.343. The van der Waals surface area contributed by atoms with Crippen molar-refractivity contribution >= 4 is 17.8 Å². The molecule has 0 aromatic heterocycles. The Morgan fingerprint density at radius 1 is 0.774 bits per heavy atom. The third-order valence-corrected chi connectivity index (χ3v) is 4.80. The van der Waals surface area contributed by atoms with E-state index in [2.05, 4.69) is 5.32 Å². The van der Waals surface area contributed by atoms with Crippen LogP contribution >= 0.6 is 0 Å². The molecule has 0 radical (unpaired) electrons. The minimum atomic E-state index is -1.18. The van der Waals surface area contributed by atoms with Gasteiger partial charge in [-0.15, -0.1) is 0 Å². The maximum atomic E-state index is 13.1. The lowest BCUT2D eigenvalue weighted by Crippen LogP contribution is -2.47. The molecule has 1 atom stereocenters. The van der Waals surface area contributed by atoms with Gasteiger partial charge in [-0.2, -0.15) is 0 Å². The fourth-order valence-corrected chi connectivity index (χ4v) is 3.23. The largest absolute Gasteiger partial charge is 0.461 e. The summed E-state index contributed by atoms with van der Waals surface area (Å²) in [6, 6.07) is 26.4. The van der Waals surface area contributed by atoms with Crippen molar-refractivity contribution in [2.75, 3.05) is 0 Å². The zero-order chi connectivity index (χ0) is 22.1. The van der Waals surface area contributed by atoms with E-state index >= 15 is 0 Å². The Kier molecular flexibility index (Phi) is 7.54. The van der Waals surface area contributed by atoms with Gasteiger partial charge in [0.1, 0.15) is 12.6 Å². The molecule has 3 rings (SSSR count). The molecule has 0 spiro atoms. The SMILES string of the molecule is NC(=O)[C@H](CC(=O)OCc1ccccc1)NC(=O)C(c1ccccc1)c1ccccc1. The predicted molar refractivity (Wildman–Crippen MR) is 117 cm³/mol. The summed E-state index contributed by atoms with van der Waals surface area (Å²) in [6.45, 7) is 0.0791. The van der Waals surface area contributed by atoms with Crippen molar-refractivity contribution in [1.29, 1.82) is 0 Å². The van der Waals surface area contributed by atoms with Gasteiger partial charge in [0.2, 0.25) is 11.8 Å². The van der Waals surface area contributed by atoms with Crippen LogP contribution in [-0.2, 0) is 25.7 Å². The van der Waals surface area contributed by atoms with Crippen LogP contribution in [0.2, 0.25) is 0 Å². The van der Waals surface area contributed by atoms with Gasteiger partial charge in [-0.05, 0) is 16.7 Å². The number of hydrogen-bond donors (Lipinski definition) is 2. The second-order valence-electron chi connectivity index (χ2n) is 7.07. The Hall–Kier alpha value is -3.93. The fourth-order valence-electron chi connectivity index (χ4n) is 3.23. The molecular formula is C25H24N2O4. The molecule has 158 valence electrons. The highest BCUT2D eigenvalue weighted by Gasteiger charge is 2.28. The first kappa shape index (κ1) is 21.8. The second-order valence-corrected chi connectivity index (χ2v) is 7.07. The number of amides is 2. The lowest BCUT2D eigenvalue weighted by molar-refractivity contribution is -0.147. The highest BCUT2D eigenvalue weighted by molar-refractivity contribution is 5.93. The molecule has 0 saturated heterocycles. The molecule has 0 saturated carbocycles. The summed E-state index contributed by atoms with van der Waals surface area (Å²) in [7, 11) is 0. The number of hydrogen-bond acceptors (Lipinski definition) is 4. The summed E-state index contributed by atoms with van der Waals surface area (Å²) in [5.41, 5.74) is 7.81. The first-order chi connectivity index (χ1) is 15.0. The smallest absolute Gasteiger partial charge is 0.308 e. The van der Waals surface area contributed by atoms with Crippen molar-refractivity contribution in [3.8, 4) is 0 Å². The number of carbonyl (C=O) groups excluding carboxylic acids is 3. The van der Waals surface area contributed by atoms with Crippen LogP contribution in [0.5, 0.6) is 0 Å². The summed E-state index contributed by atoms with van der Waals surface area (Å²) in [4.78, 5) is 37.3. The molecule has 3 aromatic carbocycles. The number of benzene rings is 3. The van der Waals surface area contributed by atoms with Crippen LogP contribution in [-0.4, -0.2) is 23.8 Å². The summed E-state index contributed by atoms with van der Waals surface area (Å²) in [5, 5.41) is 2.63. The molecule has 0 aliphatic rings. The molecule has 0 aliphatic heterocycles. The van der Waals surface area contributed by atoms with Crippen LogP contribution in [0, 0.1) is 0 Å². The van der Waals surface area contributed by atoms with E-state index in [1.165, 1.54) is 0 Å². The Balaban J connectivity index is 1.70. The van der Waals surface area contributed by atoms with Gasteiger partial charge in [-0.1, -0.05) is 91.0 Å². The maximum Gasteiger partial charge on any atom is 0.308 e. The van der Waals surface area contributed by atoms with Gasteiger partial charge < -0.3 is 15.8 Å². The van der Waals surface area contributed by atoms with Crippen LogP contribution in [0.3, 0.4) is 0 Å².